The lowest BCUT2D eigenvalue weighted by atomic mass is 9.85. The van der Waals surface area contributed by atoms with Gasteiger partial charge in [-0.05, 0) is 29.9 Å². The summed E-state index contributed by atoms with van der Waals surface area (Å²) in [7, 11) is 0. The number of Topliss-reactive ketones (excluding diaryl/α,β-unsaturated/α-hetero) is 1. The molecular formula is C15H17N3O2S. The van der Waals surface area contributed by atoms with E-state index in [4.69, 9.17) is 0 Å². The fraction of sp³-hybridized carbons (Fsp3) is 0.400. The summed E-state index contributed by atoms with van der Waals surface area (Å²) >= 11 is 1.43. The summed E-state index contributed by atoms with van der Waals surface area (Å²) in [6, 6.07) is 1.90. The van der Waals surface area contributed by atoms with Crippen molar-refractivity contribution in [3.8, 4) is 0 Å². The highest BCUT2D eigenvalue weighted by molar-refractivity contribution is 7.12. The predicted octanol–water partition coefficient (Wildman–Crippen LogP) is 3.27. The summed E-state index contributed by atoms with van der Waals surface area (Å²) in [5.74, 6) is 0.905. The first kappa shape index (κ1) is 14.0. The van der Waals surface area contributed by atoms with Crippen molar-refractivity contribution in [3.05, 3.63) is 33.1 Å². The van der Waals surface area contributed by atoms with Crippen molar-refractivity contribution in [2.45, 2.75) is 39.0 Å². The Kier molecular flexibility index (Phi) is 3.41. The Morgan fingerprint density at radius 1 is 1.48 bits per heavy atom. The number of H-pyrrole nitrogens is 1. The van der Waals surface area contributed by atoms with Crippen LogP contribution in [0.4, 0.5) is 5.82 Å². The van der Waals surface area contributed by atoms with Gasteiger partial charge < -0.3 is 5.32 Å². The number of amides is 1. The molecule has 3 rings (SSSR count). The summed E-state index contributed by atoms with van der Waals surface area (Å²) < 4.78 is 0. The molecule has 0 bridgehead atoms. The number of aromatic nitrogens is 2. The zero-order valence-electron chi connectivity index (χ0n) is 12.2. The maximum absolute atomic E-state index is 11.9. The van der Waals surface area contributed by atoms with Gasteiger partial charge in [0, 0.05) is 23.6 Å². The Balaban J connectivity index is 2.08. The van der Waals surface area contributed by atoms with E-state index in [2.05, 4.69) is 29.4 Å². The number of ketones is 1. The van der Waals surface area contributed by atoms with Crippen molar-refractivity contribution in [1.29, 1.82) is 0 Å². The normalized spacial score (nSPS) is 17.7. The van der Waals surface area contributed by atoms with E-state index in [1.807, 2.05) is 11.4 Å². The third-order valence-corrected chi connectivity index (χ3v) is 4.82. The molecule has 1 atom stereocenters. The van der Waals surface area contributed by atoms with Crippen LogP contribution in [0.5, 0.6) is 0 Å². The van der Waals surface area contributed by atoms with Gasteiger partial charge in [-0.2, -0.15) is 5.10 Å². The number of nitrogens with zero attached hydrogens (tertiary/aromatic N) is 1. The van der Waals surface area contributed by atoms with Gasteiger partial charge in [-0.15, -0.1) is 11.3 Å². The van der Waals surface area contributed by atoms with E-state index < -0.39 is 0 Å². The smallest absolute Gasteiger partial charge is 0.226 e. The molecule has 2 aromatic heterocycles. The Hall–Kier alpha value is -1.95. The van der Waals surface area contributed by atoms with E-state index in [1.165, 1.54) is 11.3 Å². The minimum atomic E-state index is -0.0371. The lowest BCUT2D eigenvalue weighted by molar-refractivity contribution is -0.116. The van der Waals surface area contributed by atoms with Gasteiger partial charge >= 0.3 is 0 Å². The fourth-order valence-electron chi connectivity index (χ4n) is 2.73. The Morgan fingerprint density at radius 3 is 2.86 bits per heavy atom. The number of nitrogens with one attached hydrogen (secondary N) is 2. The maximum atomic E-state index is 11.9. The van der Waals surface area contributed by atoms with Crippen LogP contribution in [-0.2, 0) is 4.79 Å². The van der Waals surface area contributed by atoms with Crippen LogP contribution in [-0.4, -0.2) is 21.9 Å². The first-order chi connectivity index (χ1) is 9.97. The highest BCUT2D eigenvalue weighted by Crippen LogP contribution is 2.41. The fourth-order valence-corrected chi connectivity index (χ4v) is 3.59. The molecule has 5 nitrogen and oxygen atoms in total. The van der Waals surface area contributed by atoms with Crippen molar-refractivity contribution in [3.63, 3.8) is 0 Å². The molecular weight excluding hydrogens is 286 g/mol. The monoisotopic (exact) mass is 303 g/mol. The maximum Gasteiger partial charge on any atom is 0.226 e. The number of thiophene rings is 1. The molecule has 0 saturated heterocycles. The average Bonchev–Trinajstić information content (AvgIpc) is 3.03. The van der Waals surface area contributed by atoms with Gasteiger partial charge in [0.1, 0.15) is 0 Å². The molecule has 21 heavy (non-hydrogen) atoms. The molecule has 6 heteroatoms. The number of carbonyl (C=O) groups is 2. The molecule has 0 fully saturated rings. The van der Waals surface area contributed by atoms with Crippen LogP contribution in [0.3, 0.4) is 0 Å². The first-order valence-corrected chi connectivity index (χ1v) is 7.82. The van der Waals surface area contributed by atoms with Crippen LogP contribution in [0, 0.1) is 0 Å². The molecule has 0 aromatic carbocycles. The molecule has 1 aliphatic rings. The molecule has 0 radical (unpaired) electrons. The van der Waals surface area contributed by atoms with Crippen LogP contribution in [0.1, 0.15) is 65.5 Å². The van der Waals surface area contributed by atoms with Gasteiger partial charge in [0.2, 0.25) is 5.91 Å². The van der Waals surface area contributed by atoms with Gasteiger partial charge in [0.25, 0.3) is 0 Å². The van der Waals surface area contributed by atoms with Crippen LogP contribution < -0.4 is 5.32 Å². The first-order valence-electron chi connectivity index (χ1n) is 6.94. The van der Waals surface area contributed by atoms with Gasteiger partial charge in [0.05, 0.1) is 4.88 Å². The zero-order valence-corrected chi connectivity index (χ0v) is 13.0. The Bertz CT molecular complexity index is 714. The number of fused-ring (bicyclic) bond motifs is 1. The third-order valence-electron chi connectivity index (χ3n) is 3.78. The summed E-state index contributed by atoms with van der Waals surface area (Å²) in [6.45, 7) is 5.75. The number of anilines is 1. The minimum absolute atomic E-state index is 0.0331. The average molecular weight is 303 g/mol. The largest absolute Gasteiger partial charge is 0.309 e. The van der Waals surface area contributed by atoms with E-state index in [9.17, 15) is 9.59 Å². The molecule has 0 saturated carbocycles. The van der Waals surface area contributed by atoms with E-state index in [1.54, 1.807) is 6.92 Å². The molecule has 110 valence electrons. The summed E-state index contributed by atoms with van der Waals surface area (Å²) in [6.07, 6.45) is 0.389. The van der Waals surface area contributed by atoms with Crippen LogP contribution >= 0.6 is 11.3 Å². The second-order valence-electron chi connectivity index (χ2n) is 5.66. The second-order valence-corrected chi connectivity index (χ2v) is 6.57. The number of hydrogen-bond acceptors (Lipinski definition) is 4. The van der Waals surface area contributed by atoms with Crippen molar-refractivity contribution in [2.75, 3.05) is 5.32 Å². The lowest BCUT2D eigenvalue weighted by Gasteiger charge is -2.23. The lowest BCUT2D eigenvalue weighted by Crippen LogP contribution is -2.23. The standard InChI is InChI=1S/C15H17N3O2S/c1-7(2)14-13-10(5-12(20)16-15(13)18-17-14)9-4-11(8(3)19)21-6-9/h4,6-7,10H,5H2,1-3H3,(H2,16,17,18,20)/t10-/m1/s1. The van der Waals surface area contributed by atoms with Crippen LogP contribution in [0.15, 0.2) is 11.4 Å². The van der Waals surface area contributed by atoms with Crippen LogP contribution in [0.25, 0.3) is 0 Å². The second kappa shape index (κ2) is 5.11. The molecule has 1 aliphatic heterocycles. The number of hydrogen-bond donors (Lipinski definition) is 2. The van der Waals surface area contributed by atoms with Crippen LogP contribution in [0.2, 0.25) is 0 Å². The minimum Gasteiger partial charge on any atom is -0.309 e. The predicted molar refractivity (Wildman–Crippen MR) is 82.1 cm³/mol. The SMILES string of the molecule is CC(=O)c1cc([C@H]2CC(=O)Nc3n[nH]c(C(C)C)c32)cs1. The third kappa shape index (κ3) is 2.40. The topological polar surface area (TPSA) is 74.8 Å². The molecule has 1 amide bonds. The van der Waals surface area contributed by atoms with Crippen molar-refractivity contribution in [1.82, 2.24) is 10.2 Å². The summed E-state index contributed by atoms with van der Waals surface area (Å²) in [4.78, 5) is 24.1. The van der Waals surface area contributed by atoms with Crippen molar-refractivity contribution < 1.29 is 9.59 Å². The highest BCUT2D eigenvalue weighted by Gasteiger charge is 2.32. The number of rotatable bonds is 3. The molecule has 0 unspecified atom stereocenters. The van der Waals surface area contributed by atoms with Gasteiger partial charge in [0.15, 0.2) is 11.6 Å². The van der Waals surface area contributed by atoms with Gasteiger partial charge in [-0.1, -0.05) is 13.8 Å². The number of aromatic amines is 1. The Labute approximate surface area is 126 Å². The molecule has 2 aromatic rings. The van der Waals surface area contributed by atoms with E-state index >= 15 is 0 Å². The van der Waals surface area contributed by atoms with E-state index in [0.29, 0.717) is 18.2 Å². The van der Waals surface area contributed by atoms with Crippen molar-refractivity contribution >= 4 is 28.8 Å². The highest BCUT2D eigenvalue weighted by atomic mass is 32.1. The quantitative estimate of drug-likeness (QED) is 0.855. The van der Waals surface area contributed by atoms with E-state index in [0.717, 1.165) is 21.7 Å². The molecule has 2 N–H and O–H groups in total. The molecule has 3 heterocycles. The van der Waals surface area contributed by atoms with Crippen molar-refractivity contribution in [2.24, 2.45) is 0 Å². The summed E-state index contributed by atoms with van der Waals surface area (Å²) in [5.41, 5.74) is 3.12. The van der Waals surface area contributed by atoms with Gasteiger partial charge in [-0.3, -0.25) is 14.7 Å². The molecule has 0 aliphatic carbocycles. The van der Waals surface area contributed by atoms with Gasteiger partial charge in [-0.25, -0.2) is 0 Å². The summed E-state index contributed by atoms with van der Waals surface area (Å²) in [5, 5.41) is 12.1. The Morgan fingerprint density at radius 2 is 2.24 bits per heavy atom. The van der Waals surface area contributed by atoms with E-state index in [-0.39, 0.29) is 17.6 Å². The number of carbonyl (C=O) groups excluding carboxylic acids is 2. The molecule has 0 spiro atoms. The zero-order chi connectivity index (χ0) is 15.1.